The van der Waals surface area contributed by atoms with Crippen molar-refractivity contribution < 1.29 is 34.2 Å². The molecule has 0 bridgehead atoms. The zero-order chi connectivity index (χ0) is 29.3. The van der Waals surface area contributed by atoms with E-state index in [2.05, 4.69) is 20.9 Å². The molecule has 0 saturated heterocycles. The van der Waals surface area contributed by atoms with Crippen LogP contribution in [0.25, 0.3) is 0 Å². The summed E-state index contributed by atoms with van der Waals surface area (Å²) in [6, 6.07) is -4.53. The van der Waals surface area contributed by atoms with Gasteiger partial charge >= 0.3 is 11.9 Å². The van der Waals surface area contributed by atoms with Crippen LogP contribution < -0.4 is 38.9 Å². The van der Waals surface area contributed by atoms with Gasteiger partial charge in [-0.05, 0) is 57.4 Å². The van der Waals surface area contributed by atoms with Gasteiger partial charge in [-0.15, -0.1) is 0 Å². The average molecular weight is 545 g/mol. The molecular weight excluding hydrogens is 500 g/mol. The van der Waals surface area contributed by atoms with E-state index in [1.807, 2.05) is 13.8 Å². The number of hydrogen-bond donors (Lipinski definition) is 9. The first kappa shape index (κ1) is 34.5. The number of unbranched alkanes of at least 4 members (excludes halogenated alkanes) is 1. The smallest absolute Gasteiger partial charge is 0.326 e. The number of rotatable bonds is 20. The summed E-state index contributed by atoms with van der Waals surface area (Å²) in [7, 11) is 0. The highest BCUT2D eigenvalue weighted by Crippen LogP contribution is 2.08. The number of carbonyl (C=O) groups excluding carboxylic acids is 3. The van der Waals surface area contributed by atoms with E-state index in [1.54, 1.807) is 0 Å². The van der Waals surface area contributed by atoms with E-state index in [1.165, 1.54) is 0 Å². The number of guanidine groups is 1. The molecule has 0 aliphatic carbocycles. The number of carbonyl (C=O) groups is 5. The van der Waals surface area contributed by atoms with Crippen molar-refractivity contribution in [3.63, 3.8) is 0 Å². The van der Waals surface area contributed by atoms with Crippen LogP contribution in [0.1, 0.15) is 65.2 Å². The third-order valence-electron chi connectivity index (χ3n) is 5.48. The van der Waals surface area contributed by atoms with E-state index in [0.717, 1.165) is 0 Å². The van der Waals surface area contributed by atoms with Crippen LogP contribution in [-0.4, -0.2) is 83.1 Å². The largest absolute Gasteiger partial charge is 0.481 e. The van der Waals surface area contributed by atoms with Crippen molar-refractivity contribution in [1.82, 2.24) is 16.0 Å². The van der Waals surface area contributed by atoms with Gasteiger partial charge in [0.2, 0.25) is 17.7 Å². The van der Waals surface area contributed by atoms with Crippen LogP contribution in [0.2, 0.25) is 0 Å². The van der Waals surface area contributed by atoms with E-state index in [0.29, 0.717) is 32.2 Å². The molecule has 4 unspecified atom stereocenters. The quantitative estimate of drug-likeness (QED) is 0.0456. The van der Waals surface area contributed by atoms with E-state index in [9.17, 15) is 29.1 Å². The van der Waals surface area contributed by atoms with Gasteiger partial charge in [-0.3, -0.25) is 24.2 Å². The van der Waals surface area contributed by atoms with Gasteiger partial charge in [0.1, 0.15) is 18.1 Å². The fourth-order valence-corrected chi connectivity index (χ4v) is 3.50. The molecule has 15 heteroatoms. The Morgan fingerprint density at radius 1 is 0.789 bits per heavy atom. The molecule has 38 heavy (non-hydrogen) atoms. The highest BCUT2D eigenvalue weighted by molar-refractivity contribution is 5.94. The third kappa shape index (κ3) is 15.6. The lowest BCUT2D eigenvalue weighted by atomic mass is 10.0. The Hall–Kier alpha value is -3.46. The van der Waals surface area contributed by atoms with Crippen molar-refractivity contribution in [2.45, 2.75) is 89.4 Å². The van der Waals surface area contributed by atoms with Crippen molar-refractivity contribution in [3.05, 3.63) is 0 Å². The Kier molecular flexibility index (Phi) is 17.0. The topological polar surface area (TPSA) is 278 Å². The fourth-order valence-electron chi connectivity index (χ4n) is 3.50. The highest BCUT2D eigenvalue weighted by atomic mass is 16.4. The molecule has 0 aromatic carbocycles. The molecule has 0 aliphatic rings. The number of nitrogens with one attached hydrogen (secondary N) is 3. The van der Waals surface area contributed by atoms with Crippen molar-refractivity contribution in [3.8, 4) is 0 Å². The second kappa shape index (κ2) is 18.7. The third-order valence-corrected chi connectivity index (χ3v) is 5.48. The van der Waals surface area contributed by atoms with Crippen LogP contribution >= 0.6 is 0 Å². The Morgan fingerprint density at radius 3 is 1.79 bits per heavy atom. The predicted molar refractivity (Wildman–Crippen MR) is 141 cm³/mol. The van der Waals surface area contributed by atoms with E-state index >= 15 is 0 Å². The summed E-state index contributed by atoms with van der Waals surface area (Å²) in [5.74, 6) is -4.61. The zero-order valence-electron chi connectivity index (χ0n) is 22.2. The minimum absolute atomic E-state index is 0.124. The van der Waals surface area contributed by atoms with Gasteiger partial charge in [0, 0.05) is 13.0 Å². The number of aliphatic imine (C=N–C) groups is 1. The molecule has 0 spiro atoms. The van der Waals surface area contributed by atoms with Crippen LogP contribution in [-0.2, 0) is 24.0 Å². The maximum absolute atomic E-state index is 13.2. The minimum atomic E-state index is -1.46. The maximum Gasteiger partial charge on any atom is 0.326 e. The monoisotopic (exact) mass is 544 g/mol. The molecule has 0 saturated carbocycles. The Labute approximate surface area is 222 Å². The summed E-state index contributed by atoms with van der Waals surface area (Å²) in [5, 5.41) is 25.7. The van der Waals surface area contributed by atoms with E-state index in [4.69, 9.17) is 28.0 Å². The van der Waals surface area contributed by atoms with Gasteiger partial charge in [-0.2, -0.15) is 0 Å². The molecule has 4 atom stereocenters. The summed E-state index contributed by atoms with van der Waals surface area (Å²) in [6.07, 6.45) is 1.18. The predicted octanol–water partition coefficient (Wildman–Crippen LogP) is -2.05. The lowest BCUT2D eigenvalue weighted by Crippen LogP contribution is -2.57. The van der Waals surface area contributed by atoms with Crippen molar-refractivity contribution in [1.29, 1.82) is 0 Å². The van der Waals surface area contributed by atoms with E-state index in [-0.39, 0.29) is 37.7 Å². The van der Waals surface area contributed by atoms with Crippen LogP contribution in [0.5, 0.6) is 0 Å². The number of amides is 3. The van der Waals surface area contributed by atoms with Crippen molar-refractivity contribution >= 4 is 35.6 Å². The number of nitrogens with zero attached hydrogens (tertiary/aromatic N) is 1. The van der Waals surface area contributed by atoms with Crippen LogP contribution in [0.3, 0.4) is 0 Å². The second-order valence-electron chi connectivity index (χ2n) is 9.42. The first-order chi connectivity index (χ1) is 17.8. The Balaban J connectivity index is 5.65. The molecule has 3 amide bonds. The normalized spacial score (nSPS) is 14.0. The van der Waals surface area contributed by atoms with Crippen molar-refractivity contribution in [2.24, 2.45) is 33.8 Å². The van der Waals surface area contributed by atoms with Gasteiger partial charge in [0.15, 0.2) is 5.96 Å². The standard InChI is InChI=1S/C23H44N8O7/c1-13(2)12-14(25)19(34)29-16(7-5-11-28-23(26)27)20(35)30-15(6-3-4-10-24)21(36)31-17(22(37)38)8-9-18(32)33/h13-17H,3-12,24-25H2,1-2H3,(H,29,34)(H,30,35)(H,31,36)(H,32,33)(H,37,38)(H4,26,27,28). The molecule has 13 N–H and O–H groups in total. The lowest BCUT2D eigenvalue weighted by Gasteiger charge is -2.25. The highest BCUT2D eigenvalue weighted by Gasteiger charge is 2.30. The van der Waals surface area contributed by atoms with Gasteiger partial charge < -0.3 is 49.1 Å². The molecule has 0 aliphatic heterocycles. The maximum atomic E-state index is 13.2. The number of carboxylic acid groups (broad SMARTS) is 2. The van der Waals surface area contributed by atoms with E-state index < -0.39 is 60.2 Å². The lowest BCUT2D eigenvalue weighted by molar-refractivity contribution is -0.143. The van der Waals surface area contributed by atoms with Gasteiger partial charge in [0.05, 0.1) is 6.04 Å². The summed E-state index contributed by atoms with van der Waals surface area (Å²) in [4.78, 5) is 64.9. The molecular formula is C23H44N8O7. The number of aliphatic carboxylic acids is 2. The first-order valence-corrected chi connectivity index (χ1v) is 12.6. The van der Waals surface area contributed by atoms with Crippen molar-refractivity contribution in [2.75, 3.05) is 13.1 Å². The van der Waals surface area contributed by atoms with Gasteiger partial charge in [-0.1, -0.05) is 13.8 Å². The second-order valence-corrected chi connectivity index (χ2v) is 9.42. The fraction of sp³-hybridized carbons (Fsp3) is 0.739. The molecule has 0 rings (SSSR count). The first-order valence-electron chi connectivity index (χ1n) is 12.6. The Morgan fingerprint density at radius 2 is 1.32 bits per heavy atom. The Bertz CT molecular complexity index is 818. The van der Waals surface area contributed by atoms with Gasteiger partial charge in [-0.25, -0.2) is 4.79 Å². The summed E-state index contributed by atoms with van der Waals surface area (Å²) in [5.41, 5.74) is 22.1. The summed E-state index contributed by atoms with van der Waals surface area (Å²) >= 11 is 0. The number of nitrogens with two attached hydrogens (primary N) is 4. The van der Waals surface area contributed by atoms with Gasteiger partial charge in [0.25, 0.3) is 0 Å². The molecule has 0 aromatic rings. The SMILES string of the molecule is CC(C)CC(N)C(=O)NC(CCCN=C(N)N)C(=O)NC(CCCCN)C(=O)NC(CCC(=O)O)C(=O)O. The van der Waals surface area contributed by atoms with Crippen LogP contribution in [0.15, 0.2) is 4.99 Å². The zero-order valence-corrected chi connectivity index (χ0v) is 22.2. The summed E-state index contributed by atoms with van der Waals surface area (Å²) in [6.45, 7) is 4.34. The summed E-state index contributed by atoms with van der Waals surface area (Å²) < 4.78 is 0. The van der Waals surface area contributed by atoms with Crippen LogP contribution in [0.4, 0.5) is 0 Å². The molecule has 0 radical (unpaired) electrons. The number of carboxylic acids is 2. The molecule has 0 fully saturated rings. The average Bonchev–Trinajstić information content (AvgIpc) is 2.81. The molecule has 15 nitrogen and oxygen atoms in total. The minimum Gasteiger partial charge on any atom is -0.481 e. The molecule has 0 aromatic heterocycles. The number of hydrogen-bond acceptors (Lipinski definition) is 8. The molecule has 218 valence electrons. The van der Waals surface area contributed by atoms with Crippen LogP contribution in [0, 0.1) is 5.92 Å². The molecule has 0 heterocycles.